The number of methoxy groups -OCH3 is 1. The van der Waals surface area contributed by atoms with E-state index in [9.17, 15) is 22.4 Å². The number of fused-ring (bicyclic) bond motifs is 1. The Kier molecular flexibility index (Phi) is 6.72. The van der Waals surface area contributed by atoms with Crippen LogP contribution in [0.5, 0.6) is 5.88 Å². The molecule has 0 unspecified atom stereocenters. The molecule has 0 spiro atoms. The van der Waals surface area contributed by atoms with Crippen LogP contribution in [-0.2, 0) is 12.7 Å². The summed E-state index contributed by atoms with van der Waals surface area (Å²) in [6, 6.07) is 6.58. The third kappa shape index (κ3) is 4.66. The Bertz CT molecular complexity index is 1530. The number of halogens is 4. The van der Waals surface area contributed by atoms with Gasteiger partial charge in [-0.15, -0.1) is 0 Å². The van der Waals surface area contributed by atoms with Gasteiger partial charge in [-0.3, -0.25) is 14.3 Å². The first-order valence-corrected chi connectivity index (χ1v) is 12.0. The highest BCUT2D eigenvalue weighted by atomic mass is 19.4. The lowest BCUT2D eigenvalue weighted by atomic mass is 9.89. The van der Waals surface area contributed by atoms with Gasteiger partial charge in [0.2, 0.25) is 5.88 Å². The van der Waals surface area contributed by atoms with Crippen molar-refractivity contribution >= 4 is 16.7 Å². The molecule has 0 amide bonds. The van der Waals surface area contributed by atoms with E-state index in [0.29, 0.717) is 42.7 Å². The van der Waals surface area contributed by atoms with Gasteiger partial charge in [-0.1, -0.05) is 12.1 Å². The number of nitrogens with zero attached hydrogens (tertiary/aromatic N) is 6. The molecular weight excluding hydrogens is 504 g/mol. The maximum Gasteiger partial charge on any atom is 0.435 e. The Morgan fingerprint density at radius 1 is 1.08 bits per heavy atom. The lowest BCUT2D eigenvalue weighted by molar-refractivity contribution is -0.142. The van der Waals surface area contributed by atoms with Crippen LogP contribution in [0.2, 0.25) is 0 Å². The van der Waals surface area contributed by atoms with Crippen molar-refractivity contribution in [2.45, 2.75) is 38.4 Å². The van der Waals surface area contributed by atoms with Gasteiger partial charge in [0.15, 0.2) is 5.69 Å². The number of ether oxygens (including phenoxy) is 1. The summed E-state index contributed by atoms with van der Waals surface area (Å²) in [5, 5.41) is 0. The summed E-state index contributed by atoms with van der Waals surface area (Å²) in [5.41, 5.74) is 0.251. The molecule has 0 N–H and O–H groups in total. The molecule has 8 nitrogen and oxygen atoms in total. The van der Waals surface area contributed by atoms with E-state index in [1.165, 1.54) is 24.1 Å². The molecule has 4 heterocycles. The molecule has 1 aliphatic heterocycles. The molecule has 0 bridgehead atoms. The van der Waals surface area contributed by atoms with E-state index in [1.54, 1.807) is 12.1 Å². The zero-order chi connectivity index (χ0) is 27.0. The van der Waals surface area contributed by atoms with Crippen LogP contribution >= 0.6 is 0 Å². The lowest BCUT2D eigenvalue weighted by Crippen LogP contribution is -2.36. The van der Waals surface area contributed by atoms with Crippen LogP contribution in [0.1, 0.15) is 41.3 Å². The van der Waals surface area contributed by atoms with E-state index >= 15 is 0 Å². The molecule has 5 rings (SSSR count). The second kappa shape index (κ2) is 9.99. The molecule has 1 aromatic carbocycles. The number of aromatic nitrogens is 5. The maximum absolute atomic E-state index is 14.5. The molecule has 1 fully saturated rings. The third-order valence-corrected chi connectivity index (χ3v) is 6.85. The van der Waals surface area contributed by atoms with E-state index in [0.717, 1.165) is 18.0 Å². The molecule has 3 aromatic heterocycles. The molecule has 198 valence electrons. The van der Waals surface area contributed by atoms with Gasteiger partial charge >= 0.3 is 6.18 Å². The van der Waals surface area contributed by atoms with Crippen LogP contribution in [0.25, 0.3) is 11.0 Å². The first-order valence-electron chi connectivity index (χ1n) is 12.0. The largest absolute Gasteiger partial charge is 0.479 e. The van der Waals surface area contributed by atoms with Crippen LogP contribution in [0, 0.1) is 12.7 Å². The molecule has 1 aliphatic rings. The van der Waals surface area contributed by atoms with Crippen molar-refractivity contribution in [2.24, 2.45) is 0 Å². The summed E-state index contributed by atoms with van der Waals surface area (Å²) in [6.45, 7) is 2.38. The maximum atomic E-state index is 14.5. The normalized spacial score (nSPS) is 14.7. The van der Waals surface area contributed by atoms with Crippen molar-refractivity contribution in [3.05, 3.63) is 81.7 Å². The van der Waals surface area contributed by atoms with Gasteiger partial charge < -0.3 is 9.64 Å². The molecule has 12 heteroatoms. The Morgan fingerprint density at radius 3 is 2.50 bits per heavy atom. The van der Waals surface area contributed by atoms with Crippen molar-refractivity contribution in [2.75, 3.05) is 25.1 Å². The molecule has 0 radical (unpaired) electrons. The summed E-state index contributed by atoms with van der Waals surface area (Å²) in [5.74, 6) is -0.447. The number of piperidine rings is 1. The van der Waals surface area contributed by atoms with E-state index in [2.05, 4.69) is 19.9 Å². The van der Waals surface area contributed by atoms with Crippen LogP contribution in [0.3, 0.4) is 0 Å². The summed E-state index contributed by atoms with van der Waals surface area (Å²) in [4.78, 5) is 31.4. The molecule has 0 saturated carbocycles. The first-order chi connectivity index (χ1) is 18.2. The summed E-state index contributed by atoms with van der Waals surface area (Å²) >= 11 is 0. The van der Waals surface area contributed by atoms with E-state index in [1.807, 2.05) is 17.9 Å². The van der Waals surface area contributed by atoms with Crippen molar-refractivity contribution in [1.29, 1.82) is 0 Å². The quantitative estimate of drug-likeness (QED) is 0.353. The fourth-order valence-corrected chi connectivity index (χ4v) is 5.10. The van der Waals surface area contributed by atoms with Gasteiger partial charge in [0.1, 0.15) is 17.7 Å². The van der Waals surface area contributed by atoms with E-state index in [-0.39, 0.29) is 23.1 Å². The molecule has 0 atom stereocenters. The number of para-hydroxylation sites is 1. The Labute approximate surface area is 215 Å². The first kappa shape index (κ1) is 25.6. The Morgan fingerprint density at radius 2 is 1.82 bits per heavy atom. The van der Waals surface area contributed by atoms with Crippen molar-refractivity contribution in [3.63, 3.8) is 0 Å². The van der Waals surface area contributed by atoms with Gasteiger partial charge in [0, 0.05) is 31.0 Å². The average molecular weight is 529 g/mol. The van der Waals surface area contributed by atoms with Gasteiger partial charge in [-0.2, -0.15) is 18.2 Å². The standard InChI is InChI=1S/C26H24F4N6O2/c1-15-4-3-5-18(27)21(15)35-10-6-16(7-11-35)17-12-19-22(24(38-2)34-14-33-19)36(25(17)37)13-20-23(26(28,29)30)32-9-8-31-20/h3-5,8-9,12,14,16H,6-7,10-11,13H2,1-2H3. The highest BCUT2D eigenvalue weighted by Gasteiger charge is 2.36. The molecule has 4 aromatic rings. The van der Waals surface area contributed by atoms with Crippen LogP contribution < -0.4 is 15.2 Å². The second-order valence-corrected chi connectivity index (χ2v) is 9.12. The number of hydrogen-bond acceptors (Lipinski definition) is 7. The SMILES string of the molecule is COc1ncnc2cc(C3CCN(c4c(C)cccc4F)CC3)c(=O)n(Cc3nccnc3C(F)(F)F)c12. The van der Waals surface area contributed by atoms with Gasteiger partial charge in [0.25, 0.3) is 5.56 Å². The fourth-order valence-electron chi connectivity index (χ4n) is 5.10. The van der Waals surface area contributed by atoms with Crippen molar-refractivity contribution in [1.82, 2.24) is 24.5 Å². The minimum atomic E-state index is -4.75. The minimum Gasteiger partial charge on any atom is -0.479 e. The summed E-state index contributed by atoms with van der Waals surface area (Å²) < 4.78 is 62.0. The zero-order valence-electron chi connectivity index (χ0n) is 20.7. The Balaban J connectivity index is 1.56. The molecule has 0 aliphatic carbocycles. The molecule has 38 heavy (non-hydrogen) atoms. The van der Waals surface area contributed by atoms with Crippen LogP contribution in [0.4, 0.5) is 23.2 Å². The smallest absolute Gasteiger partial charge is 0.435 e. The number of benzene rings is 1. The highest BCUT2D eigenvalue weighted by molar-refractivity contribution is 5.80. The Hall–Kier alpha value is -4.09. The number of aryl methyl sites for hydroxylation is 1. The van der Waals surface area contributed by atoms with E-state index < -0.39 is 29.7 Å². The average Bonchev–Trinajstić information content (AvgIpc) is 2.90. The lowest BCUT2D eigenvalue weighted by Gasteiger charge is -2.34. The number of hydrogen-bond donors (Lipinski definition) is 0. The van der Waals surface area contributed by atoms with Gasteiger partial charge in [-0.25, -0.2) is 14.4 Å². The number of rotatable bonds is 5. The summed E-state index contributed by atoms with van der Waals surface area (Å²) in [6.07, 6.45) is -0.273. The highest BCUT2D eigenvalue weighted by Crippen LogP contribution is 2.34. The fraction of sp³-hybridized carbons (Fsp3) is 0.346. The van der Waals surface area contributed by atoms with Gasteiger partial charge in [-0.05, 0) is 43.4 Å². The molecular formula is C26H24F4N6O2. The van der Waals surface area contributed by atoms with Crippen LogP contribution in [0.15, 0.2) is 47.8 Å². The zero-order valence-corrected chi connectivity index (χ0v) is 20.7. The van der Waals surface area contributed by atoms with E-state index in [4.69, 9.17) is 4.74 Å². The second-order valence-electron chi connectivity index (χ2n) is 9.12. The van der Waals surface area contributed by atoms with Gasteiger partial charge in [0.05, 0.1) is 30.6 Å². The predicted molar refractivity (Wildman–Crippen MR) is 132 cm³/mol. The third-order valence-electron chi connectivity index (χ3n) is 6.85. The molecule has 1 saturated heterocycles. The van der Waals surface area contributed by atoms with Crippen molar-refractivity contribution < 1.29 is 22.3 Å². The minimum absolute atomic E-state index is 0.0564. The van der Waals surface area contributed by atoms with Crippen molar-refractivity contribution in [3.8, 4) is 5.88 Å². The van der Waals surface area contributed by atoms with Crippen LogP contribution in [-0.4, -0.2) is 44.7 Å². The number of anilines is 1. The summed E-state index contributed by atoms with van der Waals surface area (Å²) in [7, 11) is 1.36. The topological polar surface area (TPSA) is 86.0 Å². The monoisotopic (exact) mass is 528 g/mol. The predicted octanol–water partition coefficient (Wildman–Crippen LogP) is 4.49. The number of pyridine rings is 1. The number of alkyl halides is 3.